The lowest BCUT2D eigenvalue weighted by Crippen LogP contribution is -2.44. The molecule has 0 amide bonds. The highest BCUT2D eigenvalue weighted by Gasteiger charge is 2.13. The molecule has 8 nitrogen and oxygen atoms in total. The summed E-state index contributed by atoms with van der Waals surface area (Å²) in [5.41, 5.74) is 4.30. The van der Waals surface area contributed by atoms with E-state index < -0.39 is 4.92 Å². The van der Waals surface area contributed by atoms with Crippen LogP contribution in [0.5, 0.6) is 10.9 Å². The van der Waals surface area contributed by atoms with Crippen molar-refractivity contribution >= 4 is 39.4 Å². The van der Waals surface area contributed by atoms with Crippen LogP contribution in [0.4, 0.5) is 5.00 Å². The Balaban J connectivity index is 1.98. The van der Waals surface area contributed by atoms with E-state index in [0.29, 0.717) is 10.9 Å². The van der Waals surface area contributed by atoms with Gasteiger partial charge in [0.25, 0.3) is 5.19 Å². The van der Waals surface area contributed by atoms with Crippen LogP contribution in [0.1, 0.15) is 33.3 Å². The van der Waals surface area contributed by atoms with Crippen molar-refractivity contribution in [1.82, 2.24) is 15.7 Å². The maximum absolute atomic E-state index is 10.7. The van der Waals surface area contributed by atoms with Crippen LogP contribution in [0, 0.1) is 10.1 Å². The van der Waals surface area contributed by atoms with Gasteiger partial charge in [-0.3, -0.25) is 15.5 Å². The summed E-state index contributed by atoms with van der Waals surface area (Å²) in [6.45, 7) is 7.88. The molecule has 0 atom stereocenters. The van der Waals surface area contributed by atoms with E-state index in [1.165, 1.54) is 6.20 Å². The molecule has 0 radical (unpaired) electrons. The third kappa shape index (κ3) is 6.05. The first-order chi connectivity index (χ1) is 12.1. The Morgan fingerprint density at radius 2 is 2.00 bits per heavy atom. The Hall–Kier alpha value is -2.59. The predicted octanol–water partition coefficient (Wildman–Crippen LogP) is 3.83. The number of nitrogens with zero attached hydrogens (tertiary/aromatic N) is 3. The molecular weight excluding hydrogens is 374 g/mol. The van der Waals surface area contributed by atoms with Gasteiger partial charge in [-0.25, -0.2) is 4.98 Å². The van der Waals surface area contributed by atoms with E-state index in [0.717, 1.165) is 22.6 Å². The molecule has 2 rings (SSSR count). The number of ether oxygens (including phenoxy) is 1. The maximum Gasteiger partial charge on any atom is 0.347 e. The molecule has 0 bridgehead atoms. The van der Waals surface area contributed by atoms with Crippen molar-refractivity contribution in [3.05, 3.63) is 46.1 Å². The van der Waals surface area contributed by atoms with Crippen LogP contribution in [-0.2, 0) is 0 Å². The van der Waals surface area contributed by atoms with Gasteiger partial charge in [0.15, 0.2) is 5.11 Å². The average Bonchev–Trinajstić information content (AvgIpc) is 3.00. The van der Waals surface area contributed by atoms with Crippen LogP contribution < -0.4 is 15.5 Å². The van der Waals surface area contributed by atoms with Crippen molar-refractivity contribution < 1.29 is 9.66 Å². The molecule has 2 aromatic rings. The van der Waals surface area contributed by atoms with Crippen molar-refractivity contribution in [2.75, 3.05) is 0 Å². The van der Waals surface area contributed by atoms with Crippen molar-refractivity contribution in [2.24, 2.45) is 5.10 Å². The van der Waals surface area contributed by atoms with Crippen LogP contribution in [-0.4, -0.2) is 26.3 Å². The molecule has 0 aliphatic heterocycles. The van der Waals surface area contributed by atoms with Crippen LogP contribution in [0.15, 0.2) is 35.6 Å². The quantitative estimate of drug-likeness (QED) is 0.344. The summed E-state index contributed by atoms with van der Waals surface area (Å²) in [5.74, 6) is 0.531. The number of nitro groups is 1. The summed E-state index contributed by atoms with van der Waals surface area (Å²) in [4.78, 5) is 14.0. The number of rotatable bonds is 5. The zero-order valence-corrected chi connectivity index (χ0v) is 16.4. The number of aromatic nitrogens is 1. The first-order valence-corrected chi connectivity index (χ1v) is 8.87. The number of hydrazone groups is 1. The third-order valence-corrected chi connectivity index (χ3v) is 3.96. The average molecular weight is 393 g/mol. The summed E-state index contributed by atoms with van der Waals surface area (Å²) in [6.07, 6.45) is 1.17. The van der Waals surface area contributed by atoms with Gasteiger partial charge in [0.2, 0.25) is 0 Å². The molecule has 26 heavy (non-hydrogen) atoms. The van der Waals surface area contributed by atoms with Gasteiger partial charge < -0.3 is 10.1 Å². The molecular formula is C16H19N5O3S2. The number of thiazole rings is 1. The number of thiocarbonyl (C=S) groups is 1. The van der Waals surface area contributed by atoms with Gasteiger partial charge in [-0.1, -0.05) is 0 Å². The summed E-state index contributed by atoms with van der Waals surface area (Å²) in [7, 11) is 0. The van der Waals surface area contributed by atoms with Gasteiger partial charge in [-0.05, 0) is 81.1 Å². The van der Waals surface area contributed by atoms with Crippen molar-refractivity contribution in [3.63, 3.8) is 0 Å². The van der Waals surface area contributed by atoms with E-state index in [1.807, 2.05) is 39.8 Å². The van der Waals surface area contributed by atoms with E-state index >= 15 is 0 Å². The summed E-state index contributed by atoms with van der Waals surface area (Å²) in [6, 6.07) is 7.15. The molecule has 138 valence electrons. The monoisotopic (exact) mass is 393 g/mol. The van der Waals surface area contributed by atoms with Crippen LogP contribution in [0.25, 0.3) is 0 Å². The van der Waals surface area contributed by atoms with Crippen molar-refractivity contribution in [1.29, 1.82) is 0 Å². The Morgan fingerprint density at radius 3 is 2.54 bits per heavy atom. The minimum atomic E-state index is -0.501. The molecule has 0 aliphatic carbocycles. The molecule has 0 aliphatic rings. The standard InChI is InChI=1S/C16H19N5O3S2/c1-10(19-20-14(25)18-16(2,3)4)11-5-7-12(8-6-11)24-15-17-9-13(26-15)21(22)23/h5-9H,1-4H3,(H2,18,20,25)/b19-10-. The largest absolute Gasteiger partial charge is 0.431 e. The summed E-state index contributed by atoms with van der Waals surface area (Å²) >= 11 is 6.06. The number of nitrogens with one attached hydrogen (secondary N) is 2. The molecule has 0 spiro atoms. The number of hydrogen-bond acceptors (Lipinski definition) is 7. The van der Waals surface area contributed by atoms with Crippen LogP contribution >= 0.6 is 23.6 Å². The zero-order chi connectivity index (χ0) is 19.3. The van der Waals surface area contributed by atoms with Crippen molar-refractivity contribution in [3.8, 4) is 10.9 Å². The topological polar surface area (TPSA) is 102 Å². The number of hydrogen-bond donors (Lipinski definition) is 2. The maximum atomic E-state index is 10.7. The fourth-order valence-electron chi connectivity index (χ4n) is 1.81. The van der Waals surface area contributed by atoms with Gasteiger partial charge in [0, 0.05) is 5.54 Å². The van der Waals surface area contributed by atoms with Gasteiger partial charge in [-0.2, -0.15) is 5.10 Å². The van der Waals surface area contributed by atoms with E-state index in [1.54, 1.807) is 12.1 Å². The summed E-state index contributed by atoms with van der Waals surface area (Å²) in [5, 5.41) is 18.6. The predicted molar refractivity (Wildman–Crippen MR) is 106 cm³/mol. The third-order valence-electron chi connectivity index (χ3n) is 2.94. The first-order valence-electron chi connectivity index (χ1n) is 7.65. The molecule has 1 aromatic carbocycles. The second-order valence-electron chi connectivity index (χ2n) is 6.36. The van der Waals surface area contributed by atoms with E-state index in [9.17, 15) is 10.1 Å². The van der Waals surface area contributed by atoms with Crippen molar-refractivity contribution in [2.45, 2.75) is 33.2 Å². The molecule has 0 unspecified atom stereocenters. The van der Waals surface area contributed by atoms with Gasteiger partial charge >= 0.3 is 5.00 Å². The lowest BCUT2D eigenvalue weighted by atomic mass is 10.1. The SMILES string of the molecule is C/C(=N/NC(=S)NC(C)(C)C)c1ccc(Oc2ncc([N+](=O)[O-])s2)cc1. The highest BCUT2D eigenvalue weighted by molar-refractivity contribution is 7.80. The molecule has 1 aromatic heterocycles. The smallest absolute Gasteiger partial charge is 0.347 e. The Labute approximate surface area is 160 Å². The normalized spacial score (nSPS) is 11.8. The van der Waals surface area contributed by atoms with E-state index in [2.05, 4.69) is 20.8 Å². The fourth-order valence-corrected chi connectivity index (χ4v) is 2.77. The lowest BCUT2D eigenvalue weighted by molar-refractivity contribution is -0.380. The first kappa shape index (κ1) is 19.7. The molecule has 2 N–H and O–H groups in total. The van der Waals surface area contributed by atoms with E-state index in [4.69, 9.17) is 17.0 Å². The minimum Gasteiger partial charge on any atom is -0.431 e. The highest BCUT2D eigenvalue weighted by atomic mass is 32.1. The molecule has 0 fully saturated rings. The Bertz CT molecular complexity index is 825. The second kappa shape index (κ2) is 8.19. The lowest BCUT2D eigenvalue weighted by Gasteiger charge is -2.21. The van der Waals surface area contributed by atoms with Crippen LogP contribution in [0.2, 0.25) is 0 Å². The molecule has 10 heteroatoms. The molecule has 0 saturated heterocycles. The van der Waals surface area contributed by atoms with Gasteiger partial charge in [-0.15, -0.1) is 0 Å². The number of benzene rings is 1. The fraction of sp³-hybridized carbons (Fsp3) is 0.312. The van der Waals surface area contributed by atoms with Gasteiger partial charge in [0.05, 0.1) is 10.6 Å². The molecule has 1 heterocycles. The van der Waals surface area contributed by atoms with Gasteiger partial charge in [0.1, 0.15) is 11.9 Å². The van der Waals surface area contributed by atoms with Crippen LogP contribution in [0.3, 0.4) is 0 Å². The Kier molecular flexibility index (Phi) is 6.22. The highest BCUT2D eigenvalue weighted by Crippen LogP contribution is 2.30. The Morgan fingerprint density at radius 1 is 1.35 bits per heavy atom. The molecule has 0 saturated carbocycles. The zero-order valence-electron chi connectivity index (χ0n) is 14.8. The second-order valence-corrected chi connectivity index (χ2v) is 7.74. The minimum absolute atomic E-state index is 0.0643. The summed E-state index contributed by atoms with van der Waals surface area (Å²) < 4.78 is 5.51. The van der Waals surface area contributed by atoms with E-state index in [-0.39, 0.29) is 15.7 Å².